The quantitative estimate of drug-likeness (QED) is 0.429. The number of hydrogen-bond acceptors (Lipinski definition) is 6. The zero-order valence-corrected chi connectivity index (χ0v) is 19.2. The average Bonchev–Trinajstić information content (AvgIpc) is 2.85. The Bertz CT molecular complexity index is 1040. The zero-order chi connectivity index (χ0) is 24.3. The maximum Gasteiger partial charge on any atom is 0.408 e. The normalized spacial score (nSPS) is 12.5. The Morgan fingerprint density at radius 3 is 1.94 bits per heavy atom. The van der Waals surface area contributed by atoms with Gasteiger partial charge in [0.1, 0.15) is 19.0 Å². The van der Waals surface area contributed by atoms with Crippen LogP contribution in [-0.2, 0) is 27.5 Å². The van der Waals surface area contributed by atoms with Crippen molar-refractivity contribution < 1.29 is 28.9 Å². The Morgan fingerprint density at radius 2 is 1.38 bits per heavy atom. The lowest BCUT2D eigenvalue weighted by Gasteiger charge is -2.24. The molecule has 0 bridgehead atoms. The first kappa shape index (κ1) is 24.8. The number of carbonyl (C=O) groups excluding carboxylic acids is 2. The first-order valence-electron chi connectivity index (χ1n) is 11.0. The average molecular weight is 464 g/mol. The van der Waals surface area contributed by atoms with Crippen molar-refractivity contribution in [2.45, 2.75) is 45.3 Å². The summed E-state index contributed by atoms with van der Waals surface area (Å²) in [6, 6.07) is 24.6. The fourth-order valence-corrected chi connectivity index (χ4v) is 3.19. The van der Waals surface area contributed by atoms with Gasteiger partial charge in [0.05, 0.1) is 12.1 Å². The standard InChI is InChI=1S/C27H29NO6/c1-19(2)34-26(30)25(29)24(28-27(31)33-18-21-11-7-4-8-12-21)22-13-15-23(16-14-22)32-17-20-9-5-3-6-10-20/h3-16,19,24-25,29H,17-18H2,1-2H3,(H,28,31)/t24-,25+/m0/s1. The SMILES string of the molecule is CC(C)OC(=O)[C@H](O)[C@@H](NC(=O)OCc1ccccc1)c1ccc(OCc2ccccc2)cc1. The molecule has 1 amide bonds. The van der Waals surface area contributed by atoms with Gasteiger partial charge >= 0.3 is 12.1 Å². The highest BCUT2D eigenvalue weighted by Gasteiger charge is 2.31. The largest absolute Gasteiger partial charge is 0.489 e. The number of hydrogen-bond donors (Lipinski definition) is 2. The highest BCUT2D eigenvalue weighted by Crippen LogP contribution is 2.23. The molecule has 0 heterocycles. The van der Waals surface area contributed by atoms with Crippen molar-refractivity contribution in [3.05, 3.63) is 102 Å². The van der Waals surface area contributed by atoms with Gasteiger partial charge in [-0.2, -0.15) is 0 Å². The summed E-state index contributed by atoms with van der Waals surface area (Å²) < 4.78 is 16.2. The van der Waals surface area contributed by atoms with E-state index in [0.717, 1.165) is 11.1 Å². The predicted molar refractivity (Wildman–Crippen MR) is 127 cm³/mol. The Labute approximate surface area is 199 Å². The van der Waals surface area contributed by atoms with Gasteiger partial charge in [0.15, 0.2) is 6.10 Å². The summed E-state index contributed by atoms with van der Waals surface area (Å²) in [5.74, 6) is -0.231. The number of aliphatic hydroxyl groups is 1. The van der Waals surface area contributed by atoms with E-state index >= 15 is 0 Å². The maximum absolute atomic E-state index is 12.5. The highest BCUT2D eigenvalue weighted by molar-refractivity contribution is 5.77. The summed E-state index contributed by atoms with van der Waals surface area (Å²) in [4.78, 5) is 24.8. The van der Waals surface area contributed by atoms with Crippen LogP contribution in [0.3, 0.4) is 0 Å². The topological polar surface area (TPSA) is 94.1 Å². The number of carbonyl (C=O) groups is 2. The predicted octanol–water partition coefficient (Wildman–Crippen LogP) is 4.55. The van der Waals surface area contributed by atoms with Crippen molar-refractivity contribution >= 4 is 12.1 Å². The molecular formula is C27H29NO6. The molecule has 0 unspecified atom stereocenters. The second kappa shape index (κ2) is 12.4. The number of ether oxygens (including phenoxy) is 3. The van der Waals surface area contributed by atoms with Crippen LogP contribution in [0.4, 0.5) is 4.79 Å². The molecule has 178 valence electrons. The Balaban J connectivity index is 1.69. The first-order valence-corrected chi connectivity index (χ1v) is 11.0. The van der Waals surface area contributed by atoms with Crippen LogP contribution in [0.15, 0.2) is 84.9 Å². The van der Waals surface area contributed by atoms with Gasteiger partial charge in [0.2, 0.25) is 0 Å². The minimum absolute atomic E-state index is 0.0538. The number of alkyl carbamates (subject to hydrolysis) is 1. The third-order valence-corrected chi connectivity index (χ3v) is 4.88. The van der Waals surface area contributed by atoms with Crippen LogP contribution in [0.2, 0.25) is 0 Å². The lowest BCUT2D eigenvalue weighted by atomic mass is 10.0. The number of rotatable bonds is 10. The van der Waals surface area contributed by atoms with Crippen LogP contribution in [0, 0.1) is 0 Å². The van der Waals surface area contributed by atoms with Gasteiger partial charge in [-0.05, 0) is 42.7 Å². The molecule has 0 fully saturated rings. The van der Waals surface area contributed by atoms with E-state index in [9.17, 15) is 14.7 Å². The molecule has 7 nitrogen and oxygen atoms in total. The Morgan fingerprint density at radius 1 is 0.824 bits per heavy atom. The molecule has 7 heteroatoms. The molecule has 3 aromatic rings. The minimum atomic E-state index is -1.62. The molecule has 0 spiro atoms. The van der Waals surface area contributed by atoms with Gasteiger partial charge in [0.25, 0.3) is 0 Å². The van der Waals surface area contributed by atoms with E-state index in [-0.39, 0.29) is 6.61 Å². The van der Waals surface area contributed by atoms with Crippen molar-refractivity contribution in [1.29, 1.82) is 0 Å². The van der Waals surface area contributed by atoms with E-state index < -0.39 is 30.3 Å². The van der Waals surface area contributed by atoms with Gasteiger partial charge in [0, 0.05) is 0 Å². The Hall–Kier alpha value is -3.84. The van der Waals surface area contributed by atoms with E-state index in [1.807, 2.05) is 60.7 Å². The fraction of sp³-hybridized carbons (Fsp3) is 0.259. The van der Waals surface area contributed by atoms with E-state index in [0.29, 0.717) is 17.9 Å². The number of amides is 1. The number of aliphatic hydroxyl groups excluding tert-OH is 1. The van der Waals surface area contributed by atoms with E-state index in [1.54, 1.807) is 38.1 Å². The smallest absolute Gasteiger partial charge is 0.408 e. The van der Waals surface area contributed by atoms with Crippen LogP contribution in [0.25, 0.3) is 0 Å². The lowest BCUT2D eigenvalue weighted by molar-refractivity contribution is -0.159. The van der Waals surface area contributed by atoms with Gasteiger partial charge in [-0.15, -0.1) is 0 Å². The summed E-state index contributed by atoms with van der Waals surface area (Å²) >= 11 is 0. The third kappa shape index (κ3) is 7.64. The van der Waals surface area contributed by atoms with Gasteiger partial charge < -0.3 is 24.6 Å². The van der Waals surface area contributed by atoms with Crippen molar-refractivity contribution in [2.24, 2.45) is 0 Å². The third-order valence-electron chi connectivity index (χ3n) is 4.88. The van der Waals surface area contributed by atoms with Gasteiger partial charge in [-0.3, -0.25) is 0 Å². The summed E-state index contributed by atoms with van der Waals surface area (Å²) in [7, 11) is 0. The summed E-state index contributed by atoms with van der Waals surface area (Å²) in [5.41, 5.74) is 2.34. The second-order valence-corrected chi connectivity index (χ2v) is 7.96. The molecule has 0 radical (unpaired) electrons. The van der Waals surface area contributed by atoms with Crippen molar-refractivity contribution in [2.75, 3.05) is 0 Å². The lowest BCUT2D eigenvalue weighted by Crippen LogP contribution is -2.41. The summed E-state index contributed by atoms with van der Waals surface area (Å²) in [6.07, 6.45) is -2.81. The maximum atomic E-state index is 12.5. The molecule has 2 atom stereocenters. The van der Waals surface area contributed by atoms with Crippen LogP contribution in [0.5, 0.6) is 5.75 Å². The van der Waals surface area contributed by atoms with E-state index in [1.165, 1.54) is 0 Å². The summed E-state index contributed by atoms with van der Waals surface area (Å²) in [6.45, 7) is 3.81. The minimum Gasteiger partial charge on any atom is -0.489 e. The molecule has 0 saturated heterocycles. The zero-order valence-electron chi connectivity index (χ0n) is 19.2. The second-order valence-electron chi connectivity index (χ2n) is 7.96. The van der Waals surface area contributed by atoms with E-state index in [2.05, 4.69) is 5.32 Å². The van der Waals surface area contributed by atoms with E-state index in [4.69, 9.17) is 14.2 Å². The summed E-state index contributed by atoms with van der Waals surface area (Å²) in [5, 5.41) is 13.2. The van der Waals surface area contributed by atoms with Crippen LogP contribution in [0.1, 0.15) is 36.6 Å². The number of nitrogens with one attached hydrogen (secondary N) is 1. The molecule has 0 aromatic heterocycles. The first-order chi connectivity index (χ1) is 16.4. The number of benzene rings is 3. The molecule has 0 aliphatic rings. The molecular weight excluding hydrogens is 434 g/mol. The van der Waals surface area contributed by atoms with Crippen molar-refractivity contribution in [3.8, 4) is 5.75 Å². The molecule has 0 saturated carbocycles. The van der Waals surface area contributed by atoms with Gasteiger partial charge in [-0.1, -0.05) is 72.8 Å². The number of esters is 1. The van der Waals surface area contributed by atoms with Gasteiger partial charge in [-0.25, -0.2) is 9.59 Å². The molecule has 0 aliphatic carbocycles. The Kier molecular flexibility index (Phi) is 9.05. The molecule has 3 aromatic carbocycles. The van der Waals surface area contributed by atoms with Crippen LogP contribution >= 0.6 is 0 Å². The van der Waals surface area contributed by atoms with Crippen LogP contribution in [-0.4, -0.2) is 29.4 Å². The van der Waals surface area contributed by atoms with Crippen LogP contribution < -0.4 is 10.1 Å². The molecule has 34 heavy (non-hydrogen) atoms. The van der Waals surface area contributed by atoms with Crippen molar-refractivity contribution in [3.63, 3.8) is 0 Å². The monoisotopic (exact) mass is 463 g/mol. The highest BCUT2D eigenvalue weighted by atomic mass is 16.6. The molecule has 0 aliphatic heterocycles. The molecule has 2 N–H and O–H groups in total. The molecule has 3 rings (SSSR count). The fourth-order valence-electron chi connectivity index (χ4n) is 3.19. The van der Waals surface area contributed by atoms with Crippen molar-refractivity contribution in [1.82, 2.24) is 5.32 Å².